The Bertz CT molecular complexity index is 1030. The summed E-state index contributed by atoms with van der Waals surface area (Å²) in [5, 5.41) is 0.523. The molecule has 1 saturated heterocycles. The zero-order valence-corrected chi connectivity index (χ0v) is 17.2. The van der Waals surface area contributed by atoms with Crippen molar-refractivity contribution >= 4 is 35.5 Å². The SMILES string of the molecule is O=C(CCC(=O)N1CC23CCC=CC2(/C=C\c2ccccc21)C3)ON1C(=O)CCC1=O. The molecule has 2 aliphatic heterocycles. The lowest BCUT2D eigenvalue weighted by Gasteiger charge is -2.34. The Morgan fingerprint density at radius 2 is 1.81 bits per heavy atom. The first-order chi connectivity index (χ1) is 14.9. The fourth-order valence-electron chi connectivity index (χ4n) is 5.17. The summed E-state index contributed by atoms with van der Waals surface area (Å²) in [6.45, 7) is 0.607. The van der Waals surface area contributed by atoms with Gasteiger partial charge >= 0.3 is 5.97 Å². The molecule has 2 heterocycles. The highest BCUT2D eigenvalue weighted by Gasteiger charge is 2.65. The molecule has 2 fully saturated rings. The second-order valence-corrected chi connectivity index (χ2v) is 8.86. The molecular weight excluding hydrogens is 396 g/mol. The third-order valence-electron chi connectivity index (χ3n) is 6.99. The van der Waals surface area contributed by atoms with Gasteiger partial charge in [-0.3, -0.25) is 14.4 Å². The van der Waals surface area contributed by atoms with E-state index >= 15 is 0 Å². The lowest BCUT2D eigenvalue weighted by molar-refractivity contribution is -0.197. The molecule has 1 aromatic carbocycles. The van der Waals surface area contributed by atoms with Crippen LogP contribution in [0.5, 0.6) is 0 Å². The zero-order valence-electron chi connectivity index (χ0n) is 17.2. The van der Waals surface area contributed by atoms with Crippen molar-refractivity contribution in [3.8, 4) is 0 Å². The number of para-hydroxylation sites is 1. The highest BCUT2D eigenvalue weighted by atomic mass is 16.7. The number of imide groups is 1. The summed E-state index contributed by atoms with van der Waals surface area (Å²) in [6.07, 6.45) is 11.8. The van der Waals surface area contributed by atoms with Crippen LogP contribution in [-0.2, 0) is 24.0 Å². The van der Waals surface area contributed by atoms with Crippen molar-refractivity contribution in [1.82, 2.24) is 5.06 Å². The van der Waals surface area contributed by atoms with E-state index in [0.717, 1.165) is 30.5 Å². The smallest absolute Gasteiger partial charge is 0.330 e. The number of hydroxylamine groups is 2. The van der Waals surface area contributed by atoms with Gasteiger partial charge in [0.25, 0.3) is 11.8 Å². The summed E-state index contributed by atoms with van der Waals surface area (Å²) < 4.78 is 0. The first-order valence-electron chi connectivity index (χ1n) is 10.8. The summed E-state index contributed by atoms with van der Waals surface area (Å²) in [6, 6.07) is 7.78. The van der Waals surface area contributed by atoms with Crippen LogP contribution < -0.4 is 4.90 Å². The molecule has 1 aromatic rings. The number of amides is 3. The number of hydrogen-bond donors (Lipinski definition) is 0. The molecule has 0 N–H and O–H groups in total. The summed E-state index contributed by atoms with van der Waals surface area (Å²) >= 11 is 0. The van der Waals surface area contributed by atoms with E-state index in [4.69, 9.17) is 4.84 Å². The standard InChI is InChI=1S/C24H24N2O5/c27-19(9-10-22(30)31-26-20(28)7-8-21(26)29)25-16-24-13-4-3-12-23(24,15-24)14-11-17-5-1-2-6-18(17)25/h1-3,5-6,11-12,14H,4,7-10,13,15-16H2/b14-11-. The first kappa shape index (κ1) is 19.7. The number of carbonyl (C=O) groups excluding carboxylic acids is 4. The summed E-state index contributed by atoms with van der Waals surface area (Å²) in [4.78, 5) is 55.4. The predicted octanol–water partition coefficient (Wildman–Crippen LogP) is 3.16. The molecule has 5 rings (SSSR count). The van der Waals surface area contributed by atoms with E-state index in [0.29, 0.717) is 11.6 Å². The van der Waals surface area contributed by atoms with Gasteiger partial charge < -0.3 is 9.74 Å². The van der Waals surface area contributed by atoms with Crippen LogP contribution in [0.3, 0.4) is 0 Å². The van der Waals surface area contributed by atoms with Crippen molar-refractivity contribution in [3.05, 3.63) is 48.1 Å². The van der Waals surface area contributed by atoms with Crippen LogP contribution in [-0.4, -0.2) is 35.3 Å². The van der Waals surface area contributed by atoms with E-state index in [1.807, 2.05) is 24.3 Å². The van der Waals surface area contributed by atoms with Gasteiger partial charge in [0.1, 0.15) is 0 Å². The van der Waals surface area contributed by atoms with Crippen molar-refractivity contribution in [2.75, 3.05) is 11.4 Å². The number of hydrogen-bond acceptors (Lipinski definition) is 5. The molecular formula is C24H24N2O5. The number of anilines is 1. The van der Waals surface area contributed by atoms with E-state index in [1.165, 1.54) is 0 Å². The molecule has 0 bridgehead atoms. The third kappa shape index (κ3) is 3.28. The maximum absolute atomic E-state index is 13.3. The number of benzene rings is 1. The molecule has 31 heavy (non-hydrogen) atoms. The molecule has 3 amide bonds. The van der Waals surface area contributed by atoms with Crippen molar-refractivity contribution in [3.63, 3.8) is 0 Å². The molecule has 1 saturated carbocycles. The molecule has 7 heteroatoms. The van der Waals surface area contributed by atoms with Crippen LogP contribution in [0.15, 0.2) is 42.5 Å². The molecule has 160 valence electrons. The van der Waals surface area contributed by atoms with Crippen LogP contribution in [0.4, 0.5) is 5.69 Å². The van der Waals surface area contributed by atoms with E-state index in [1.54, 1.807) is 4.90 Å². The van der Waals surface area contributed by atoms with Crippen molar-refractivity contribution in [2.45, 2.75) is 44.9 Å². The summed E-state index contributed by atoms with van der Waals surface area (Å²) in [5.74, 6) is -1.97. The molecule has 0 radical (unpaired) electrons. The Labute approximate surface area is 180 Å². The van der Waals surface area contributed by atoms with E-state index in [2.05, 4.69) is 24.3 Å². The Balaban J connectivity index is 1.33. The molecule has 2 unspecified atom stereocenters. The van der Waals surface area contributed by atoms with Gasteiger partial charge in [0.15, 0.2) is 0 Å². The van der Waals surface area contributed by atoms with Gasteiger partial charge in [-0.05, 0) is 30.9 Å². The van der Waals surface area contributed by atoms with Crippen molar-refractivity contribution in [2.24, 2.45) is 10.8 Å². The Morgan fingerprint density at radius 3 is 2.61 bits per heavy atom. The van der Waals surface area contributed by atoms with Gasteiger partial charge in [0.2, 0.25) is 5.91 Å². The van der Waals surface area contributed by atoms with Crippen molar-refractivity contribution < 1.29 is 24.0 Å². The number of carbonyl (C=O) groups is 4. The van der Waals surface area contributed by atoms with Gasteiger partial charge in [-0.25, -0.2) is 4.79 Å². The molecule has 4 aliphatic rings. The lowest BCUT2D eigenvalue weighted by Crippen LogP contribution is -2.40. The Morgan fingerprint density at radius 1 is 1.03 bits per heavy atom. The van der Waals surface area contributed by atoms with Gasteiger partial charge in [0, 0.05) is 36.6 Å². The average molecular weight is 420 g/mol. The number of rotatable bonds is 4. The van der Waals surface area contributed by atoms with E-state index in [-0.39, 0.29) is 42.4 Å². The maximum Gasteiger partial charge on any atom is 0.333 e. The van der Waals surface area contributed by atoms with Crippen LogP contribution in [0.1, 0.15) is 50.5 Å². The fourth-order valence-corrected chi connectivity index (χ4v) is 5.17. The highest BCUT2D eigenvalue weighted by molar-refractivity contribution is 6.02. The van der Waals surface area contributed by atoms with Crippen LogP contribution in [0, 0.1) is 10.8 Å². The highest BCUT2D eigenvalue weighted by Crippen LogP contribution is 2.71. The number of nitrogens with zero attached hydrogens (tertiary/aromatic N) is 2. The van der Waals surface area contributed by atoms with E-state index in [9.17, 15) is 19.2 Å². The molecule has 2 atom stereocenters. The number of fused-ring (bicyclic) bond motifs is 1. The topological polar surface area (TPSA) is 84.0 Å². The zero-order chi connectivity index (χ0) is 21.6. The minimum absolute atomic E-state index is 0.00667. The minimum Gasteiger partial charge on any atom is -0.330 e. The van der Waals surface area contributed by atoms with Crippen LogP contribution in [0.2, 0.25) is 0 Å². The quantitative estimate of drug-likeness (QED) is 0.552. The lowest BCUT2D eigenvalue weighted by atomic mass is 9.82. The fraction of sp³-hybridized carbons (Fsp3) is 0.417. The number of allylic oxidation sites excluding steroid dienone is 3. The van der Waals surface area contributed by atoms with Gasteiger partial charge in [0.05, 0.1) is 12.1 Å². The minimum atomic E-state index is -0.753. The average Bonchev–Trinajstić information content (AvgIpc) is 3.33. The Hall–Kier alpha value is -3.22. The molecule has 2 aliphatic carbocycles. The molecule has 0 aromatic heterocycles. The maximum atomic E-state index is 13.3. The second-order valence-electron chi connectivity index (χ2n) is 8.86. The summed E-state index contributed by atoms with van der Waals surface area (Å²) in [7, 11) is 0. The van der Waals surface area contributed by atoms with Crippen molar-refractivity contribution in [1.29, 1.82) is 0 Å². The molecule has 7 nitrogen and oxygen atoms in total. The van der Waals surface area contributed by atoms with Gasteiger partial charge in [-0.15, -0.1) is 5.06 Å². The van der Waals surface area contributed by atoms with Crippen LogP contribution in [0.25, 0.3) is 6.08 Å². The van der Waals surface area contributed by atoms with Gasteiger partial charge in [-0.2, -0.15) is 0 Å². The monoisotopic (exact) mass is 420 g/mol. The van der Waals surface area contributed by atoms with Crippen LogP contribution >= 0.6 is 0 Å². The van der Waals surface area contributed by atoms with Gasteiger partial charge in [-0.1, -0.05) is 42.5 Å². The summed E-state index contributed by atoms with van der Waals surface area (Å²) in [5.41, 5.74) is 1.86. The second kappa shape index (κ2) is 7.18. The predicted molar refractivity (Wildman–Crippen MR) is 112 cm³/mol. The first-order valence-corrected chi connectivity index (χ1v) is 10.8. The third-order valence-corrected chi connectivity index (χ3v) is 6.99. The van der Waals surface area contributed by atoms with E-state index < -0.39 is 17.8 Å². The normalized spacial score (nSPS) is 29.4. The molecule has 0 spiro atoms. The Kier molecular flexibility index (Phi) is 4.57. The largest absolute Gasteiger partial charge is 0.333 e.